The summed E-state index contributed by atoms with van der Waals surface area (Å²) >= 11 is 3.54. The third-order valence-corrected chi connectivity index (χ3v) is 6.47. The van der Waals surface area contributed by atoms with Crippen molar-refractivity contribution >= 4 is 21.8 Å². The number of hydrogen-bond acceptors (Lipinski definition) is 5. The number of carbonyl (C=O) groups excluding carboxylic acids is 1. The molecule has 4 rings (SSSR count). The third kappa shape index (κ3) is 5.27. The molecule has 0 unspecified atom stereocenters. The number of nitrogens with one attached hydrogen (secondary N) is 1. The van der Waals surface area contributed by atoms with Crippen molar-refractivity contribution < 1.29 is 14.1 Å². The molecule has 0 atom stereocenters. The van der Waals surface area contributed by atoms with Gasteiger partial charge in [0, 0.05) is 36.1 Å². The summed E-state index contributed by atoms with van der Waals surface area (Å²) in [5, 5.41) is 7.36. The van der Waals surface area contributed by atoms with Crippen LogP contribution in [0.1, 0.15) is 56.0 Å². The quantitative estimate of drug-likeness (QED) is 0.474. The van der Waals surface area contributed by atoms with Gasteiger partial charge in [-0.05, 0) is 42.0 Å². The first-order valence-corrected chi connectivity index (χ1v) is 11.8. The predicted octanol–water partition coefficient (Wildman–Crippen LogP) is 5.38. The Balaban J connectivity index is 1.40. The fraction of sp³-hybridized carbons (Fsp3) is 0.400. The van der Waals surface area contributed by atoms with E-state index in [9.17, 15) is 4.79 Å². The van der Waals surface area contributed by atoms with Gasteiger partial charge in [-0.15, -0.1) is 0 Å². The zero-order chi connectivity index (χ0) is 22.6. The molecule has 1 amide bonds. The van der Waals surface area contributed by atoms with Crippen LogP contribution in [0.2, 0.25) is 0 Å². The summed E-state index contributed by atoms with van der Waals surface area (Å²) in [7, 11) is 0. The normalized spacial score (nSPS) is 15.6. The summed E-state index contributed by atoms with van der Waals surface area (Å²) < 4.78 is 11.9. The number of aryl methyl sites for hydroxylation is 1. The summed E-state index contributed by atoms with van der Waals surface area (Å²) in [5.74, 6) is 1.45. The first-order chi connectivity index (χ1) is 15.4. The number of hydrogen-bond donors (Lipinski definition) is 1. The molecule has 0 saturated carbocycles. The molecule has 2 heterocycles. The highest BCUT2D eigenvalue weighted by atomic mass is 79.9. The van der Waals surface area contributed by atoms with E-state index in [0.29, 0.717) is 37.3 Å². The highest BCUT2D eigenvalue weighted by Crippen LogP contribution is 2.33. The van der Waals surface area contributed by atoms with Crippen molar-refractivity contribution in [2.45, 2.75) is 51.0 Å². The van der Waals surface area contributed by atoms with Gasteiger partial charge in [-0.1, -0.05) is 71.3 Å². The zero-order valence-corrected chi connectivity index (χ0v) is 20.0. The van der Waals surface area contributed by atoms with Gasteiger partial charge in [0.15, 0.2) is 0 Å². The van der Waals surface area contributed by atoms with Gasteiger partial charge in [-0.2, -0.15) is 4.98 Å². The Kier molecular flexibility index (Phi) is 7.06. The Morgan fingerprint density at radius 3 is 2.59 bits per heavy atom. The van der Waals surface area contributed by atoms with E-state index in [4.69, 9.17) is 9.26 Å². The molecule has 32 heavy (non-hydrogen) atoms. The summed E-state index contributed by atoms with van der Waals surface area (Å²) in [6.07, 6.45) is 2.16. The molecule has 1 saturated heterocycles. The van der Waals surface area contributed by atoms with Crippen molar-refractivity contribution in [1.29, 1.82) is 0 Å². The average Bonchev–Trinajstić information content (AvgIpc) is 3.27. The minimum atomic E-state index is -0.419. The van der Waals surface area contributed by atoms with Crippen molar-refractivity contribution in [3.8, 4) is 11.4 Å². The topological polar surface area (TPSA) is 77.2 Å². The van der Waals surface area contributed by atoms with Crippen LogP contribution in [0.4, 0.5) is 0 Å². The van der Waals surface area contributed by atoms with Gasteiger partial charge in [-0.3, -0.25) is 4.79 Å². The van der Waals surface area contributed by atoms with Crippen molar-refractivity contribution in [1.82, 2.24) is 15.5 Å². The van der Waals surface area contributed by atoms with Gasteiger partial charge in [0.25, 0.3) is 0 Å². The maximum Gasteiger partial charge on any atom is 0.227 e. The van der Waals surface area contributed by atoms with E-state index in [1.54, 1.807) is 0 Å². The lowest BCUT2D eigenvalue weighted by Crippen LogP contribution is -2.49. The lowest BCUT2D eigenvalue weighted by molar-refractivity contribution is -0.124. The monoisotopic (exact) mass is 497 g/mol. The van der Waals surface area contributed by atoms with Gasteiger partial charge in [0.05, 0.1) is 5.54 Å². The number of halogens is 1. The van der Waals surface area contributed by atoms with Crippen LogP contribution < -0.4 is 5.32 Å². The van der Waals surface area contributed by atoms with E-state index < -0.39 is 5.54 Å². The SMILES string of the molecule is CC(C)c1ccc(-c2noc(CCC(=O)NC3(c4cccc(Br)c4)CCOCC3)n2)cc1. The second-order valence-corrected chi connectivity index (χ2v) is 9.46. The Labute approximate surface area is 196 Å². The number of carbonyl (C=O) groups is 1. The highest BCUT2D eigenvalue weighted by molar-refractivity contribution is 9.10. The van der Waals surface area contributed by atoms with Crippen LogP contribution in [-0.4, -0.2) is 29.3 Å². The summed E-state index contributed by atoms with van der Waals surface area (Å²) in [6.45, 7) is 5.56. The zero-order valence-electron chi connectivity index (χ0n) is 18.4. The molecular weight excluding hydrogens is 470 g/mol. The lowest BCUT2D eigenvalue weighted by Gasteiger charge is -2.38. The van der Waals surface area contributed by atoms with Crippen molar-refractivity contribution in [3.63, 3.8) is 0 Å². The molecule has 0 bridgehead atoms. The fourth-order valence-electron chi connectivity index (χ4n) is 4.03. The molecule has 3 aromatic rings. The van der Waals surface area contributed by atoms with Crippen molar-refractivity contribution in [3.05, 3.63) is 70.0 Å². The number of ether oxygens (including phenoxy) is 1. The number of benzene rings is 2. The van der Waals surface area contributed by atoms with Crippen LogP contribution in [0.25, 0.3) is 11.4 Å². The minimum absolute atomic E-state index is 0.0343. The van der Waals surface area contributed by atoms with Crippen molar-refractivity contribution in [2.75, 3.05) is 13.2 Å². The van der Waals surface area contributed by atoms with Crippen LogP contribution in [-0.2, 0) is 21.5 Å². The van der Waals surface area contributed by atoms with E-state index in [2.05, 4.69) is 69.5 Å². The Morgan fingerprint density at radius 1 is 1.16 bits per heavy atom. The molecule has 0 spiro atoms. The molecule has 1 fully saturated rings. The molecule has 0 aliphatic carbocycles. The molecule has 6 nitrogen and oxygen atoms in total. The fourth-order valence-corrected chi connectivity index (χ4v) is 4.43. The average molecular weight is 498 g/mol. The van der Waals surface area contributed by atoms with E-state index in [0.717, 1.165) is 28.4 Å². The first-order valence-electron chi connectivity index (χ1n) is 11.0. The first kappa shape index (κ1) is 22.7. The van der Waals surface area contributed by atoms with E-state index in [1.807, 2.05) is 24.3 Å². The summed E-state index contributed by atoms with van der Waals surface area (Å²) in [4.78, 5) is 17.3. The maximum absolute atomic E-state index is 12.9. The Hall–Kier alpha value is -2.51. The Bertz CT molecular complexity index is 1060. The molecule has 1 N–H and O–H groups in total. The van der Waals surface area contributed by atoms with Crippen LogP contribution in [0.15, 0.2) is 57.5 Å². The number of rotatable bonds is 7. The standard InChI is InChI=1S/C25H28BrN3O3/c1-17(2)18-6-8-19(9-7-18)24-27-23(32-29-24)11-10-22(30)28-25(12-14-31-15-13-25)20-4-3-5-21(26)16-20/h3-9,16-17H,10-15H2,1-2H3,(H,28,30). The van der Waals surface area contributed by atoms with Crippen LogP contribution in [0, 0.1) is 0 Å². The van der Waals surface area contributed by atoms with E-state index in [1.165, 1.54) is 5.56 Å². The smallest absolute Gasteiger partial charge is 0.227 e. The molecule has 1 aromatic heterocycles. The minimum Gasteiger partial charge on any atom is -0.381 e. The Morgan fingerprint density at radius 2 is 1.91 bits per heavy atom. The largest absolute Gasteiger partial charge is 0.381 e. The lowest BCUT2D eigenvalue weighted by atomic mass is 9.82. The number of nitrogens with zero attached hydrogens (tertiary/aromatic N) is 2. The van der Waals surface area contributed by atoms with Crippen LogP contribution in [0.3, 0.4) is 0 Å². The van der Waals surface area contributed by atoms with Crippen LogP contribution in [0.5, 0.6) is 0 Å². The number of amides is 1. The third-order valence-electron chi connectivity index (χ3n) is 5.97. The highest BCUT2D eigenvalue weighted by Gasteiger charge is 2.36. The summed E-state index contributed by atoms with van der Waals surface area (Å²) in [5.41, 5.74) is 2.84. The van der Waals surface area contributed by atoms with Crippen LogP contribution >= 0.6 is 15.9 Å². The molecule has 1 aliphatic heterocycles. The maximum atomic E-state index is 12.9. The molecular formula is C25H28BrN3O3. The summed E-state index contributed by atoms with van der Waals surface area (Å²) in [6, 6.07) is 16.3. The van der Waals surface area contributed by atoms with Gasteiger partial charge in [0.1, 0.15) is 0 Å². The van der Waals surface area contributed by atoms with Gasteiger partial charge in [0.2, 0.25) is 17.6 Å². The predicted molar refractivity (Wildman–Crippen MR) is 126 cm³/mol. The molecule has 2 aromatic carbocycles. The van der Waals surface area contributed by atoms with Gasteiger partial charge >= 0.3 is 0 Å². The number of aromatic nitrogens is 2. The second kappa shape index (κ2) is 9.96. The van der Waals surface area contributed by atoms with Crippen molar-refractivity contribution in [2.24, 2.45) is 0 Å². The molecule has 0 radical (unpaired) electrons. The van der Waals surface area contributed by atoms with E-state index >= 15 is 0 Å². The molecule has 7 heteroatoms. The van der Waals surface area contributed by atoms with Gasteiger partial charge in [-0.25, -0.2) is 0 Å². The second-order valence-electron chi connectivity index (χ2n) is 8.54. The van der Waals surface area contributed by atoms with E-state index in [-0.39, 0.29) is 12.3 Å². The molecule has 1 aliphatic rings. The molecule has 168 valence electrons. The van der Waals surface area contributed by atoms with Gasteiger partial charge < -0.3 is 14.6 Å².